The van der Waals surface area contributed by atoms with Crippen molar-refractivity contribution in [2.75, 3.05) is 0 Å². The maximum atomic E-state index is 2.30. The molecule has 0 nitrogen and oxygen atoms in total. The first-order valence-corrected chi connectivity index (χ1v) is 11.4. The second-order valence-corrected chi connectivity index (χ2v) is 8.04. The Morgan fingerprint density at radius 3 is 1.23 bits per heavy atom. The molecule has 0 aliphatic carbocycles. The average Bonchev–Trinajstić information content (AvgIpc) is 2.63. The van der Waals surface area contributed by atoms with Gasteiger partial charge in [0, 0.05) is 0 Å². The molecule has 0 aliphatic rings. The summed E-state index contributed by atoms with van der Waals surface area (Å²) in [5.41, 5.74) is 2.88. The molecule has 0 saturated carbocycles. The average molecular weight is 369 g/mol. The summed E-state index contributed by atoms with van der Waals surface area (Å²) >= 11 is 0. The molecule has 0 aromatic heterocycles. The number of benzene rings is 1. The van der Waals surface area contributed by atoms with Gasteiger partial charge in [-0.3, -0.25) is 0 Å². The second kappa shape index (κ2) is 20.0. The van der Waals surface area contributed by atoms with Crippen LogP contribution in [0.4, 0.5) is 0 Å². The number of hydrogen-bond donors (Lipinski definition) is 0. The summed E-state index contributed by atoms with van der Waals surface area (Å²) in [7, 11) is 0. The van der Waals surface area contributed by atoms with E-state index in [0.29, 0.717) is 0 Å². The van der Waals surface area contributed by atoms with E-state index in [9.17, 15) is 0 Å². The summed E-state index contributed by atoms with van der Waals surface area (Å²) in [6.07, 6.45) is 24.4. The van der Waals surface area contributed by atoms with Gasteiger partial charge in [0.2, 0.25) is 0 Å². The van der Waals surface area contributed by atoms with E-state index in [1.165, 1.54) is 120 Å². The van der Waals surface area contributed by atoms with Gasteiger partial charge in [-0.05, 0) is 25.3 Å². The van der Waals surface area contributed by atoms with E-state index in [-0.39, 0.29) is 29.6 Å². The molecule has 0 aliphatic heterocycles. The fraction of sp³-hybridized carbons (Fsp3) is 0.760. The van der Waals surface area contributed by atoms with Gasteiger partial charge in [0.15, 0.2) is 0 Å². The molecule has 146 valence electrons. The summed E-state index contributed by atoms with van der Waals surface area (Å²) in [5.74, 6) is 0. The van der Waals surface area contributed by atoms with E-state index in [4.69, 9.17) is 0 Å². The van der Waals surface area contributed by atoms with Crippen LogP contribution in [0.25, 0.3) is 0 Å². The number of unbranched alkanes of at least 4 members (excludes halogenated alkanes) is 15. The van der Waals surface area contributed by atoms with Crippen LogP contribution in [0, 0.1) is 6.92 Å². The summed E-state index contributed by atoms with van der Waals surface area (Å²) < 4.78 is 0. The van der Waals surface area contributed by atoms with Crippen molar-refractivity contribution in [2.45, 2.75) is 123 Å². The molecule has 0 radical (unpaired) electrons. The Kier molecular flexibility index (Phi) is 20.1. The molecule has 0 unspecified atom stereocenters. The summed E-state index contributed by atoms with van der Waals surface area (Å²) in [6.45, 7) is 4.46. The first-order chi connectivity index (χ1) is 12.3. The van der Waals surface area contributed by atoms with Crippen LogP contribution in [0.15, 0.2) is 24.3 Å². The molecule has 0 atom stereocenters. The zero-order valence-electron chi connectivity index (χ0n) is 17.3. The molecule has 0 amide bonds. The Morgan fingerprint density at radius 1 is 0.500 bits per heavy atom. The Morgan fingerprint density at radius 2 is 0.846 bits per heavy atom. The molecule has 0 fully saturated rings. The first-order valence-electron chi connectivity index (χ1n) is 11.4. The van der Waals surface area contributed by atoms with Crippen molar-refractivity contribution in [3.05, 3.63) is 35.4 Å². The van der Waals surface area contributed by atoms with Crippen LogP contribution in [0.1, 0.15) is 121 Å². The van der Waals surface area contributed by atoms with Gasteiger partial charge in [-0.25, -0.2) is 0 Å². The standard InChI is InChI=1S/C25H44.Na.H/c1-3-4-5-6-7-8-9-10-11-12-13-14-15-16-17-18-19-25-22-20-24(2)21-23-25;;/h20-23H,3-19H2,1-2H3;;. The van der Waals surface area contributed by atoms with E-state index in [1.54, 1.807) is 0 Å². The molecule has 1 aromatic rings. The van der Waals surface area contributed by atoms with Gasteiger partial charge in [0.05, 0.1) is 0 Å². The zero-order valence-corrected chi connectivity index (χ0v) is 17.3. The van der Waals surface area contributed by atoms with E-state index in [2.05, 4.69) is 38.1 Å². The van der Waals surface area contributed by atoms with Crippen LogP contribution in [-0.4, -0.2) is 29.6 Å². The number of aryl methyl sites for hydroxylation is 2. The Bertz CT molecular complexity index is 382. The van der Waals surface area contributed by atoms with Crippen LogP contribution in [0.5, 0.6) is 0 Å². The minimum atomic E-state index is 0. The predicted octanol–water partition coefficient (Wildman–Crippen LogP) is 8.15. The quantitative estimate of drug-likeness (QED) is 0.192. The molecule has 26 heavy (non-hydrogen) atoms. The van der Waals surface area contributed by atoms with Crippen molar-refractivity contribution in [1.82, 2.24) is 0 Å². The van der Waals surface area contributed by atoms with Crippen LogP contribution in [0.3, 0.4) is 0 Å². The van der Waals surface area contributed by atoms with E-state index in [1.807, 2.05) is 0 Å². The SMILES string of the molecule is CCCCCCCCCCCCCCCCCCc1ccc(C)cc1.[NaH]. The molecule has 0 heterocycles. The molecule has 1 aromatic carbocycles. The van der Waals surface area contributed by atoms with Gasteiger partial charge < -0.3 is 0 Å². The number of hydrogen-bond acceptors (Lipinski definition) is 0. The van der Waals surface area contributed by atoms with Gasteiger partial charge in [-0.15, -0.1) is 0 Å². The third-order valence-electron chi connectivity index (χ3n) is 5.44. The fourth-order valence-corrected chi connectivity index (χ4v) is 3.63. The van der Waals surface area contributed by atoms with Gasteiger partial charge in [0.25, 0.3) is 0 Å². The topological polar surface area (TPSA) is 0 Å². The van der Waals surface area contributed by atoms with Crippen molar-refractivity contribution in [3.8, 4) is 0 Å². The first kappa shape index (κ1) is 26.2. The molecule has 0 saturated heterocycles. The molecule has 0 spiro atoms. The third-order valence-corrected chi connectivity index (χ3v) is 5.44. The van der Waals surface area contributed by atoms with Crippen molar-refractivity contribution < 1.29 is 0 Å². The predicted molar refractivity (Wildman–Crippen MR) is 122 cm³/mol. The van der Waals surface area contributed by atoms with Crippen LogP contribution >= 0.6 is 0 Å². The summed E-state index contributed by atoms with van der Waals surface area (Å²) in [4.78, 5) is 0. The summed E-state index contributed by atoms with van der Waals surface area (Å²) in [5, 5.41) is 0. The van der Waals surface area contributed by atoms with Crippen molar-refractivity contribution in [3.63, 3.8) is 0 Å². The van der Waals surface area contributed by atoms with Gasteiger partial charge in [-0.2, -0.15) is 0 Å². The van der Waals surface area contributed by atoms with Crippen molar-refractivity contribution >= 4 is 29.6 Å². The molecule has 0 N–H and O–H groups in total. The zero-order chi connectivity index (χ0) is 18.0. The molecule has 0 bridgehead atoms. The Hall–Kier alpha value is 0.220. The molecular formula is C25H45Na. The van der Waals surface area contributed by atoms with E-state index >= 15 is 0 Å². The monoisotopic (exact) mass is 368 g/mol. The second-order valence-electron chi connectivity index (χ2n) is 8.04. The third kappa shape index (κ3) is 16.4. The van der Waals surface area contributed by atoms with Gasteiger partial charge in [0.1, 0.15) is 0 Å². The van der Waals surface area contributed by atoms with Gasteiger partial charge >= 0.3 is 29.6 Å². The number of rotatable bonds is 17. The van der Waals surface area contributed by atoms with E-state index in [0.717, 1.165) is 0 Å². The Balaban J connectivity index is 0.00000625. The fourth-order valence-electron chi connectivity index (χ4n) is 3.63. The molecule has 1 heteroatoms. The Labute approximate surface area is 187 Å². The van der Waals surface area contributed by atoms with Crippen molar-refractivity contribution in [1.29, 1.82) is 0 Å². The van der Waals surface area contributed by atoms with Crippen LogP contribution < -0.4 is 0 Å². The molecule has 1 rings (SSSR count). The van der Waals surface area contributed by atoms with Gasteiger partial charge in [-0.1, -0.05) is 133 Å². The summed E-state index contributed by atoms with van der Waals surface area (Å²) in [6, 6.07) is 9.06. The van der Waals surface area contributed by atoms with Crippen LogP contribution in [0.2, 0.25) is 0 Å². The normalized spacial score (nSPS) is 10.7. The molecular weight excluding hydrogens is 323 g/mol. The van der Waals surface area contributed by atoms with E-state index < -0.39 is 0 Å². The minimum absolute atomic E-state index is 0. The maximum absolute atomic E-state index is 2.30. The van der Waals surface area contributed by atoms with Crippen LogP contribution in [-0.2, 0) is 6.42 Å². The van der Waals surface area contributed by atoms with Crippen molar-refractivity contribution in [2.24, 2.45) is 0 Å².